The molecule has 2 rings (SSSR count). The molecule has 0 bridgehead atoms. The highest BCUT2D eigenvalue weighted by Gasteiger charge is 2.07. The Labute approximate surface area is 134 Å². The van der Waals surface area contributed by atoms with E-state index in [1.807, 2.05) is 13.0 Å². The van der Waals surface area contributed by atoms with Gasteiger partial charge in [0.15, 0.2) is 0 Å². The average Bonchev–Trinajstić information content (AvgIpc) is 2.99. The van der Waals surface area contributed by atoms with Crippen molar-refractivity contribution >= 4 is 0 Å². The molecule has 0 radical (unpaired) electrons. The van der Waals surface area contributed by atoms with Gasteiger partial charge in [-0.25, -0.2) is 4.98 Å². The topological polar surface area (TPSA) is 29.9 Å². The molecule has 0 spiro atoms. The van der Waals surface area contributed by atoms with E-state index in [-0.39, 0.29) is 0 Å². The van der Waals surface area contributed by atoms with Crippen LogP contribution in [0.15, 0.2) is 36.5 Å². The van der Waals surface area contributed by atoms with Crippen molar-refractivity contribution in [3.63, 3.8) is 0 Å². The second-order valence-corrected chi connectivity index (χ2v) is 6.05. The number of pyridine rings is 1. The van der Waals surface area contributed by atoms with E-state index in [2.05, 4.69) is 59.2 Å². The quantitative estimate of drug-likeness (QED) is 0.739. The molecule has 0 aliphatic heterocycles. The second kappa shape index (κ2) is 8.74. The van der Waals surface area contributed by atoms with Gasteiger partial charge < -0.3 is 9.88 Å². The van der Waals surface area contributed by atoms with Crippen LogP contribution in [0.25, 0.3) is 5.82 Å². The Morgan fingerprint density at radius 2 is 2.05 bits per heavy atom. The molecule has 0 fully saturated rings. The molecule has 2 aromatic heterocycles. The first-order valence-corrected chi connectivity index (χ1v) is 8.55. The average molecular weight is 299 g/mol. The minimum Gasteiger partial charge on any atom is -0.311 e. The third-order valence-electron chi connectivity index (χ3n) is 4.24. The molecule has 0 aliphatic carbocycles. The molecule has 0 aromatic carbocycles. The molecular formula is C19H29N3. The summed E-state index contributed by atoms with van der Waals surface area (Å²) in [5, 5.41) is 3.62. The summed E-state index contributed by atoms with van der Waals surface area (Å²) in [7, 11) is 0. The Hall–Kier alpha value is -1.61. The van der Waals surface area contributed by atoms with Crippen LogP contribution in [-0.4, -0.2) is 16.1 Å². The van der Waals surface area contributed by atoms with Crippen molar-refractivity contribution in [2.45, 2.75) is 53.0 Å². The van der Waals surface area contributed by atoms with E-state index >= 15 is 0 Å². The smallest absolute Gasteiger partial charge is 0.137 e. The van der Waals surface area contributed by atoms with Crippen LogP contribution in [0.1, 0.15) is 50.9 Å². The number of rotatable bonds is 9. The SMILES string of the molecule is CCCCC(CC)CNCc1cccn1-c1cccc(C)n1. The monoisotopic (exact) mass is 299 g/mol. The van der Waals surface area contributed by atoms with Gasteiger partial charge in [-0.15, -0.1) is 0 Å². The van der Waals surface area contributed by atoms with Crippen LogP contribution in [0, 0.1) is 12.8 Å². The van der Waals surface area contributed by atoms with Crippen LogP contribution in [0.3, 0.4) is 0 Å². The number of nitrogens with one attached hydrogen (secondary N) is 1. The second-order valence-electron chi connectivity index (χ2n) is 6.05. The van der Waals surface area contributed by atoms with Crippen molar-refractivity contribution < 1.29 is 0 Å². The fourth-order valence-electron chi connectivity index (χ4n) is 2.79. The maximum absolute atomic E-state index is 4.61. The lowest BCUT2D eigenvalue weighted by Gasteiger charge is -2.16. The maximum Gasteiger partial charge on any atom is 0.137 e. The molecule has 3 nitrogen and oxygen atoms in total. The van der Waals surface area contributed by atoms with Crippen molar-refractivity contribution in [3.05, 3.63) is 47.9 Å². The van der Waals surface area contributed by atoms with Gasteiger partial charge in [0.2, 0.25) is 0 Å². The van der Waals surface area contributed by atoms with E-state index in [0.29, 0.717) is 0 Å². The lowest BCUT2D eigenvalue weighted by atomic mass is 9.99. The molecule has 1 unspecified atom stereocenters. The largest absolute Gasteiger partial charge is 0.311 e. The summed E-state index contributed by atoms with van der Waals surface area (Å²) in [4.78, 5) is 4.61. The summed E-state index contributed by atoms with van der Waals surface area (Å²) in [6, 6.07) is 10.4. The van der Waals surface area contributed by atoms with E-state index in [9.17, 15) is 0 Å². The lowest BCUT2D eigenvalue weighted by molar-refractivity contribution is 0.417. The highest BCUT2D eigenvalue weighted by molar-refractivity contribution is 5.29. The Morgan fingerprint density at radius 3 is 2.77 bits per heavy atom. The summed E-state index contributed by atoms with van der Waals surface area (Å²) < 4.78 is 2.17. The van der Waals surface area contributed by atoms with Crippen molar-refractivity contribution in [1.29, 1.82) is 0 Å². The standard InChI is InChI=1S/C19H29N3/c1-4-6-10-17(5-2)14-20-15-18-11-8-13-22(18)19-12-7-9-16(3)21-19/h7-9,11-13,17,20H,4-6,10,14-15H2,1-3H3. The fourth-order valence-corrected chi connectivity index (χ4v) is 2.79. The number of aryl methyl sites for hydroxylation is 1. The van der Waals surface area contributed by atoms with Crippen LogP contribution in [0.5, 0.6) is 0 Å². The number of aromatic nitrogens is 2. The van der Waals surface area contributed by atoms with Crippen LogP contribution >= 0.6 is 0 Å². The Kier molecular flexibility index (Phi) is 6.66. The van der Waals surface area contributed by atoms with Crippen molar-refractivity contribution in [2.75, 3.05) is 6.54 Å². The molecule has 22 heavy (non-hydrogen) atoms. The highest BCUT2D eigenvalue weighted by Crippen LogP contribution is 2.13. The van der Waals surface area contributed by atoms with Gasteiger partial charge in [0.1, 0.15) is 5.82 Å². The zero-order valence-corrected chi connectivity index (χ0v) is 14.2. The Morgan fingerprint density at radius 1 is 1.18 bits per heavy atom. The summed E-state index contributed by atoms with van der Waals surface area (Å²) in [6.07, 6.45) is 7.31. The zero-order chi connectivity index (χ0) is 15.8. The molecule has 3 heteroatoms. The van der Waals surface area contributed by atoms with E-state index in [1.165, 1.54) is 31.4 Å². The van der Waals surface area contributed by atoms with Gasteiger partial charge in [0, 0.05) is 24.1 Å². The lowest BCUT2D eigenvalue weighted by Crippen LogP contribution is -2.23. The molecule has 120 valence electrons. The fraction of sp³-hybridized carbons (Fsp3) is 0.526. The van der Waals surface area contributed by atoms with Gasteiger partial charge in [-0.3, -0.25) is 0 Å². The predicted molar refractivity (Wildman–Crippen MR) is 93.3 cm³/mol. The third-order valence-corrected chi connectivity index (χ3v) is 4.24. The van der Waals surface area contributed by atoms with E-state index in [0.717, 1.165) is 30.5 Å². The maximum atomic E-state index is 4.61. The number of hydrogen-bond acceptors (Lipinski definition) is 2. The summed E-state index contributed by atoms with van der Waals surface area (Å²) >= 11 is 0. The molecule has 0 aliphatic rings. The first-order valence-electron chi connectivity index (χ1n) is 8.55. The molecule has 2 aromatic rings. The first-order chi connectivity index (χ1) is 10.7. The number of hydrogen-bond donors (Lipinski definition) is 1. The summed E-state index contributed by atoms with van der Waals surface area (Å²) in [6.45, 7) is 8.59. The molecule has 1 N–H and O–H groups in total. The normalized spacial score (nSPS) is 12.5. The number of unbranched alkanes of at least 4 members (excludes halogenated alkanes) is 1. The van der Waals surface area contributed by atoms with Gasteiger partial charge in [0.25, 0.3) is 0 Å². The van der Waals surface area contributed by atoms with Crippen molar-refractivity contribution in [1.82, 2.24) is 14.9 Å². The Balaban J connectivity index is 1.93. The Bertz CT molecular complexity index is 559. The van der Waals surface area contributed by atoms with Crippen LogP contribution in [-0.2, 0) is 6.54 Å². The van der Waals surface area contributed by atoms with E-state index in [1.54, 1.807) is 0 Å². The minimum absolute atomic E-state index is 0.792. The molecular weight excluding hydrogens is 270 g/mol. The predicted octanol–water partition coefficient (Wildman–Crippen LogP) is 4.49. The van der Waals surface area contributed by atoms with Gasteiger partial charge in [-0.2, -0.15) is 0 Å². The van der Waals surface area contributed by atoms with Crippen LogP contribution < -0.4 is 5.32 Å². The molecule has 1 atom stereocenters. The van der Waals surface area contributed by atoms with Crippen molar-refractivity contribution in [2.24, 2.45) is 5.92 Å². The molecule has 0 saturated carbocycles. The third kappa shape index (κ3) is 4.70. The molecule has 2 heterocycles. The first kappa shape index (κ1) is 16.8. The summed E-state index contributed by atoms with van der Waals surface area (Å²) in [5.74, 6) is 1.79. The summed E-state index contributed by atoms with van der Waals surface area (Å²) in [5.41, 5.74) is 2.32. The van der Waals surface area contributed by atoms with Gasteiger partial charge in [-0.1, -0.05) is 39.2 Å². The van der Waals surface area contributed by atoms with Crippen LogP contribution in [0.4, 0.5) is 0 Å². The molecule has 0 amide bonds. The van der Waals surface area contributed by atoms with Crippen LogP contribution in [0.2, 0.25) is 0 Å². The molecule has 0 saturated heterocycles. The minimum atomic E-state index is 0.792. The van der Waals surface area contributed by atoms with Crippen molar-refractivity contribution in [3.8, 4) is 5.82 Å². The van der Waals surface area contributed by atoms with E-state index in [4.69, 9.17) is 0 Å². The van der Waals surface area contributed by atoms with E-state index < -0.39 is 0 Å². The van der Waals surface area contributed by atoms with Gasteiger partial charge in [-0.05, 0) is 50.1 Å². The van der Waals surface area contributed by atoms with Gasteiger partial charge in [0.05, 0.1) is 0 Å². The number of nitrogens with zero attached hydrogens (tertiary/aromatic N) is 2. The highest BCUT2D eigenvalue weighted by atomic mass is 15.1. The van der Waals surface area contributed by atoms with Gasteiger partial charge >= 0.3 is 0 Å². The zero-order valence-electron chi connectivity index (χ0n) is 14.2.